The van der Waals surface area contributed by atoms with Crippen molar-refractivity contribution in [2.75, 3.05) is 13.7 Å². The fourth-order valence-corrected chi connectivity index (χ4v) is 3.97. The number of hydrogen-bond acceptors (Lipinski definition) is 3. The Bertz CT molecular complexity index is 716. The van der Waals surface area contributed by atoms with Gasteiger partial charge in [-0.05, 0) is 50.8 Å². The molecule has 5 nitrogen and oxygen atoms in total. The summed E-state index contributed by atoms with van der Waals surface area (Å²) in [5.74, 6) is 0.920. The Hall–Kier alpha value is -2.30. The van der Waals surface area contributed by atoms with E-state index in [2.05, 4.69) is 22.0 Å². The molecule has 1 aromatic heterocycles. The number of aryl methyl sites for hydroxylation is 2. The van der Waals surface area contributed by atoms with Crippen molar-refractivity contribution in [1.82, 2.24) is 15.1 Å². The summed E-state index contributed by atoms with van der Waals surface area (Å²) in [5, 5.41) is 7.38. The van der Waals surface area contributed by atoms with E-state index in [-0.39, 0.29) is 17.9 Å². The zero-order chi connectivity index (χ0) is 18.0. The number of carbonyl (C=O) groups excluding carboxylic acids is 1. The summed E-state index contributed by atoms with van der Waals surface area (Å²) in [6, 6.07) is 8.00. The largest absolute Gasteiger partial charge is 0.497 e. The zero-order valence-electron chi connectivity index (χ0n) is 15.5. The Morgan fingerprint density at radius 1 is 1.36 bits per heavy atom. The molecule has 0 bridgehead atoms. The lowest BCUT2D eigenvalue weighted by atomic mass is 9.93. The standard InChI is InChI=1S/C20H27N3O2/c1-5-17(15-8-10-16(25-4)11-9-15)20(24)23-12-6-7-18(23)19-13(2)21-22-14(19)3/h8-11,17-18H,5-7,12H2,1-4H3,(H,21,22)/t17-,18-/m0/s1. The smallest absolute Gasteiger partial charge is 0.230 e. The number of carbonyl (C=O) groups is 1. The van der Waals surface area contributed by atoms with Crippen LogP contribution in [0.2, 0.25) is 0 Å². The molecule has 2 heterocycles. The maximum Gasteiger partial charge on any atom is 0.230 e. The fourth-order valence-electron chi connectivity index (χ4n) is 3.97. The maximum atomic E-state index is 13.3. The van der Waals surface area contributed by atoms with Gasteiger partial charge in [0.1, 0.15) is 5.75 Å². The van der Waals surface area contributed by atoms with Crippen LogP contribution in [0.4, 0.5) is 0 Å². The maximum absolute atomic E-state index is 13.3. The first-order chi connectivity index (χ1) is 12.1. The third-order valence-corrected chi connectivity index (χ3v) is 5.28. The average molecular weight is 341 g/mol. The predicted octanol–water partition coefficient (Wildman–Crippen LogP) is 3.89. The monoisotopic (exact) mass is 341 g/mol. The van der Waals surface area contributed by atoms with Crippen LogP contribution in [0, 0.1) is 13.8 Å². The van der Waals surface area contributed by atoms with Gasteiger partial charge in [0, 0.05) is 17.8 Å². The number of likely N-dealkylation sites (tertiary alicyclic amines) is 1. The van der Waals surface area contributed by atoms with E-state index in [9.17, 15) is 4.79 Å². The van der Waals surface area contributed by atoms with E-state index in [1.807, 2.05) is 38.1 Å². The van der Waals surface area contributed by atoms with Gasteiger partial charge in [-0.3, -0.25) is 9.89 Å². The minimum atomic E-state index is -0.112. The second-order valence-corrected chi connectivity index (χ2v) is 6.77. The highest BCUT2D eigenvalue weighted by atomic mass is 16.5. The van der Waals surface area contributed by atoms with Gasteiger partial charge in [-0.2, -0.15) is 5.10 Å². The van der Waals surface area contributed by atoms with Crippen LogP contribution in [-0.4, -0.2) is 34.7 Å². The Labute approximate surface area is 149 Å². The molecule has 1 amide bonds. The van der Waals surface area contributed by atoms with Gasteiger partial charge in [0.15, 0.2) is 0 Å². The van der Waals surface area contributed by atoms with E-state index >= 15 is 0 Å². The molecule has 0 aliphatic carbocycles. The first kappa shape index (κ1) is 17.5. The number of amides is 1. The van der Waals surface area contributed by atoms with Crippen molar-refractivity contribution in [2.45, 2.75) is 52.0 Å². The van der Waals surface area contributed by atoms with Gasteiger partial charge >= 0.3 is 0 Å². The van der Waals surface area contributed by atoms with Crippen LogP contribution in [0.25, 0.3) is 0 Å². The highest BCUT2D eigenvalue weighted by Gasteiger charge is 2.36. The van der Waals surface area contributed by atoms with Crippen molar-refractivity contribution in [3.63, 3.8) is 0 Å². The lowest BCUT2D eigenvalue weighted by Gasteiger charge is -2.29. The highest BCUT2D eigenvalue weighted by molar-refractivity contribution is 5.84. The van der Waals surface area contributed by atoms with Crippen molar-refractivity contribution < 1.29 is 9.53 Å². The number of ether oxygens (including phenoxy) is 1. The summed E-state index contributed by atoms with van der Waals surface area (Å²) >= 11 is 0. The summed E-state index contributed by atoms with van der Waals surface area (Å²) in [6.07, 6.45) is 2.84. The third-order valence-electron chi connectivity index (χ3n) is 5.28. The molecule has 1 aromatic carbocycles. The van der Waals surface area contributed by atoms with Gasteiger partial charge in [-0.15, -0.1) is 0 Å². The molecular formula is C20H27N3O2. The summed E-state index contributed by atoms with van der Waals surface area (Å²) < 4.78 is 5.23. The first-order valence-corrected chi connectivity index (χ1v) is 9.02. The van der Waals surface area contributed by atoms with E-state index < -0.39 is 0 Å². The molecule has 1 fully saturated rings. The number of aromatic amines is 1. The van der Waals surface area contributed by atoms with Crippen LogP contribution >= 0.6 is 0 Å². The molecule has 0 spiro atoms. The van der Waals surface area contributed by atoms with Crippen LogP contribution in [0.15, 0.2) is 24.3 Å². The molecule has 1 aliphatic heterocycles. The second kappa shape index (κ2) is 7.30. The molecule has 0 unspecified atom stereocenters. The molecule has 1 saturated heterocycles. The Morgan fingerprint density at radius 3 is 2.64 bits per heavy atom. The van der Waals surface area contributed by atoms with Gasteiger partial charge in [0.25, 0.3) is 0 Å². The quantitative estimate of drug-likeness (QED) is 0.897. The number of benzene rings is 1. The number of rotatable bonds is 5. The number of aromatic nitrogens is 2. The molecular weight excluding hydrogens is 314 g/mol. The number of hydrogen-bond donors (Lipinski definition) is 1. The number of nitrogens with zero attached hydrogens (tertiary/aromatic N) is 2. The normalized spacial score (nSPS) is 18.4. The van der Waals surface area contributed by atoms with Crippen molar-refractivity contribution in [2.24, 2.45) is 0 Å². The van der Waals surface area contributed by atoms with Gasteiger partial charge in [0.05, 0.1) is 24.8 Å². The van der Waals surface area contributed by atoms with E-state index in [1.54, 1.807) is 7.11 Å². The number of H-pyrrole nitrogens is 1. The molecule has 0 radical (unpaired) electrons. The SMILES string of the molecule is CC[C@H](C(=O)N1CCC[C@H]1c1c(C)n[nH]c1C)c1ccc(OC)cc1. The van der Waals surface area contributed by atoms with Crippen molar-refractivity contribution in [3.8, 4) is 5.75 Å². The molecule has 2 aromatic rings. The molecule has 3 rings (SSSR count). The van der Waals surface area contributed by atoms with Crippen LogP contribution in [0.5, 0.6) is 5.75 Å². The summed E-state index contributed by atoms with van der Waals surface area (Å²) in [5.41, 5.74) is 4.31. The topological polar surface area (TPSA) is 58.2 Å². The molecule has 0 saturated carbocycles. The summed E-state index contributed by atoms with van der Waals surface area (Å²) in [6.45, 7) is 6.95. The molecule has 134 valence electrons. The van der Waals surface area contributed by atoms with E-state index in [0.717, 1.165) is 48.5 Å². The minimum Gasteiger partial charge on any atom is -0.497 e. The molecule has 5 heteroatoms. The van der Waals surface area contributed by atoms with Crippen molar-refractivity contribution >= 4 is 5.91 Å². The van der Waals surface area contributed by atoms with Crippen LogP contribution in [-0.2, 0) is 4.79 Å². The zero-order valence-corrected chi connectivity index (χ0v) is 15.5. The van der Waals surface area contributed by atoms with E-state index in [4.69, 9.17) is 4.74 Å². The van der Waals surface area contributed by atoms with Gasteiger partial charge < -0.3 is 9.64 Å². The first-order valence-electron chi connectivity index (χ1n) is 9.02. The molecule has 1 N–H and O–H groups in total. The Kier molecular flexibility index (Phi) is 5.11. The van der Waals surface area contributed by atoms with Crippen molar-refractivity contribution in [3.05, 3.63) is 46.8 Å². The Morgan fingerprint density at radius 2 is 2.08 bits per heavy atom. The summed E-state index contributed by atoms with van der Waals surface area (Å²) in [4.78, 5) is 15.4. The number of methoxy groups -OCH3 is 1. The lowest BCUT2D eigenvalue weighted by molar-refractivity contribution is -0.133. The van der Waals surface area contributed by atoms with Crippen molar-refractivity contribution in [1.29, 1.82) is 0 Å². The van der Waals surface area contributed by atoms with Crippen LogP contribution in [0.1, 0.15) is 60.7 Å². The summed E-state index contributed by atoms with van der Waals surface area (Å²) in [7, 11) is 1.65. The number of nitrogens with one attached hydrogen (secondary N) is 1. The van der Waals surface area contributed by atoms with E-state index in [0.29, 0.717) is 0 Å². The molecule has 1 aliphatic rings. The minimum absolute atomic E-state index is 0.112. The second-order valence-electron chi connectivity index (χ2n) is 6.77. The predicted molar refractivity (Wildman–Crippen MR) is 97.8 cm³/mol. The van der Waals surface area contributed by atoms with Crippen LogP contribution < -0.4 is 4.74 Å². The molecule has 2 atom stereocenters. The Balaban J connectivity index is 1.86. The van der Waals surface area contributed by atoms with Gasteiger partial charge in [-0.1, -0.05) is 19.1 Å². The third kappa shape index (κ3) is 3.28. The van der Waals surface area contributed by atoms with Gasteiger partial charge in [-0.25, -0.2) is 0 Å². The van der Waals surface area contributed by atoms with Gasteiger partial charge in [0.2, 0.25) is 5.91 Å². The van der Waals surface area contributed by atoms with Crippen LogP contribution in [0.3, 0.4) is 0 Å². The van der Waals surface area contributed by atoms with E-state index in [1.165, 1.54) is 5.56 Å². The highest BCUT2D eigenvalue weighted by Crippen LogP contribution is 2.37. The molecule has 25 heavy (non-hydrogen) atoms. The fraction of sp³-hybridized carbons (Fsp3) is 0.500. The average Bonchev–Trinajstić information content (AvgIpc) is 3.22. The lowest BCUT2D eigenvalue weighted by Crippen LogP contribution is -2.35.